The molecule has 4 aromatic rings. The van der Waals surface area contributed by atoms with Crippen molar-refractivity contribution in [2.24, 2.45) is 0 Å². The minimum absolute atomic E-state index is 0.0258. The van der Waals surface area contributed by atoms with Gasteiger partial charge in [-0.25, -0.2) is 13.4 Å². The zero-order chi connectivity index (χ0) is 23.6. The summed E-state index contributed by atoms with van der Waals surface area (Å²) in [4.78, 5) is 18.1. The van der Waals surface area contributed by atoms with Gasteiger partial charge < -0.3 is 9.88 Å². The van der Waals surface area contributed by atoms with Crippen molar-refractivity contribution in [2.75, 3.05) is 5.75 Å². The van der Waals surface area contributed by atoms with Gasteiger partial charge in [-0.1, -0.05) is 35.9 Å². The topological polar surface area (TPSA) is 81.1 Å². The smallest absolute Gasteiger partial charge is 0.255 e. The number of hydrogen-bond acceptors (Lipinski definition) is 6. The van der Waals surface area contributed by atoms with Crippen LogP contribution in [-0.2, 0) is 22.9 Å². The van der Waals surface area contributed by atoms with Crippen molar-refractivity contribution in [2.45, 2.75) is 37.9 Å². The van der Waals surface area contributed by atoms with E-state index in [1.54, 1.807) is 53.8 Å². The number of hydrogen-bond donors (Lipinski definition) is 1. The molecule has 9 heteroatoms. The first-order valence-electron chi connectivity index (χ1n) is 10.5. The molecular formula is C24H24ClN3O3S2. The number of nitrogens with one attached hydrogen (secondary N) is 1. The first kappa shape index (κ1) is 23.6. The van der Waals surface area contributed by atoms with Crippen LogP contribution in [0.2, 0.25) is 5.02 Å². The van der Waals surface area contributed by atoms with Crippen molar-refractivity contribution < 1.29 is 8.42 Å². The number of benzene rings is 2. The van der Waals surface area contributed by atoms with Gasteiger partial charge in [0.25, 0.3) is 5.56 Å². The lowest BCUT2D eigenvalue weighted by molar-refractivity contribution is 0.557. The molecule has 0 aliphatic carbocycles. The van der Waals surface area contributed by atoms with E-state index in [0.29, 0.717) is 22.6 Å². The minimum atomic E-state index is -3.54. The van der Waals surface area contributed by atoms with Crippen LogP contribution in [0, 0.1) is 6.92 Å². The van der Waals surface area contributed by atoms with Gasteiger partial charge in [0, 0.05) is 35.1 Å². The second-order valence-electron chi connectivity index (χ2n) is 7.86. The van der Waals surface area contributed by atoms with E-state index in [-0.39, 0.29) is 28.8 Å². The Morgan fingerprint density at radius 1 is 1.15 bits per heavy atom. The third-order valence-corrected chi connectivity index (χ3v) is 8.24. The Labute approximate surface area is 201 Å². The van der Waals surface area contributed by atoms with E-state index in [4.69, 9.17) is 11.6 Å². The van der Waals surface area contributed by atoms with Crippen molar-refractivity contribution in [3.05, 3.63) is 91.6 Å². The van der Waals surface area contributed by atoms with Gasteiger partial charge in [0.05, 0.1) is 26.9 Å². The number of sulfone groups is 1. The number of rotatable bonds is 8. The third kappa shape index (κ3) is 5.35. The molecule has 1 N–H and O–H groups in total. The lowest BCUT2D eigenvalue weighted by Crippen LogP contribution is -2.30. The molecule has 33 heavy (non-hydrogen) atoms. The summed E-state index contributed by atoms with van der Waals surface area (Å²) < 4.78 is 27.1. The molecule has 0 amide bonds. The molecule has 2 aromatic carbocycles. The zero-order valence-electron chi connectivity index (χ0n) is 18.3. The molecule has 0 aliphatic rings. The average molecular weight is 502 g/mol. The van der Waals surface area contributed by atoms with Crippen molar-refractivity contribution in [3.8, 4) is 0 Å². The van der Waals surface area contributed by atoms with Gasteiger partial charge in [-0.05, 0) is 49.6 Å². The van der Waals surface area contributed by atoms with Crippen LogP contribution in [0.5, 0.6) is 0 Å². The Kier molecular flexibility index (Phi) is 6.99. The third-order valence-electron chi connectivity index (χ3n) is 5.50. The van der Waals surface area contributed by atoms with Gasteiger partial charge >= 0.3 is 0 Å². The molecule has 0 fully saturated rings. The summed E-state index contributed by atoms with van der Waals surface area (Å²) in [6, 6.07) is 15.4. The van der Waals surface area contributed by atoms with E-state index in [2.05, 4.69) is 10.3 Å². The van der Waals surface area contributed by atoms with E-state index in [1.807, 2.05) is 31.4 Å². The lowest BCUT2D eigenvalue weighted by Gasteiger charge is -2.16. The number of aromatic nitrogens is 2. The van der Waals surface area contributed by atoms with E-state index >= 15 is 0 Å². The molecule has 172 valence electrons. The maximum absolute atomic E-state index is 13.4. The van der Waals surface area contributed by atoms with Crippen LogP contribution in [0.1, 0.15) is 29.2 Å². The molecule has 0 aliphatic heterocycles. The van der Waals surface area contributed by atoms with E-state index in [1.165, 1.54) is 4.57 Å². The summed E-state index contributed by atoms with van der Waals surface area (Å²) >= 11 is 7.77. The van der Waals surface area contributed by atoms with Gasteiger partial charge in [-0.3, -0.25) is 4.79 Å². The van der Waals surface area contributed by atoms with Crippen LogP contribution in [-0.4, -0.2) is 23.7 Å². The lowest BCUT2D eigenvalue weighted by atomic mass is 10.1. The molecule has 1 atom stereocenters. The molecule has 0 spiro atoms. The summed E-state index contributed by atoms with van der Waals surface area (Å²) in [5, 5.41) is 7.66. The van der Waals surface area contributed by atoms with Crippen LogP contribution in [0.25, 0.3) is 10.9 Å². The fourth-order valence-electron chi connectivity index (χ4n) is 3.66. The number of thiazole rings is 1. The molecule has 6 nitrogen and oxygen atoms in total. The highest BCUT2D eigenvalue weighted by atomic mass is 35.5. The minimum Gasteiger partial charge on any atom is -0.307 e. The van der Waals surface area contributed by atoms with Crippen molar-refractivity contribution in [3.63, 3.8) is 0 Å². The van der Waals surface area contributed by atoms with Crippen molar-refractivity contribution >= 4 is 43.7 Å². The van der Waals surface area contributed by atoms with Gasteiger partial charge in [-0.15, -0.1) is 11.3 Å². The van der Waals surface area contributed by atoms with E-state index < -0.39 is 9.84 Å². The summed E-state index contributed by atoms with van der Waals surface area (Å²) in [6.07, 6.45) is 0. The molecule has 1 unspecified atom stereocenters. The second kappa shape index (κ2) is 9.77. The highest BCUT2D eigenvalue weighted by molar-refractivity contribution is 7.91. The normalized spacial score (nSPS) is 12.8. The predicted octanol–water partition coefficient (Wildman–Crippen LogP) is 4.74. The number of pyridine rings is 1. The fraction of sp³-hybridized carbons (Fsp3) is 0.250. The first-order valence-corrected chi connectivity index (χ1v) is 13.4. The molecule has 0 saturated carbocycles. The van der Waals surface area contributed by atoms with Crippen LogP contribution in [0.4, 0.5) is 0 Å². The second-order valence-corrected chi connectivity index (χ2v) is 11.5. The number of fused-ring (bicyclic) bond motifs is 1. The summed E-state index contributed by atoms with van der Waals surface area (Å²) in [6.45, 7) is 4.32. The Morgan fingerprint density at radius 3 is 2.61 bits per heavy atom. The molecule has 0 radical (unpaired) electrons. The monoisotopic (exact) mass is 501 g/mol. The highest BCUT2D eigenvalue weighted by Crippen LogP contribution is 2.21. The molecule has 2 aromatic heterocycles. The SMILES string of the molecule is Cc1nc(C(C)NCc2cc3ccc(Cl)cc3n(CCS(=O)(=O)c3ccccc3)c2=O)cs1. The Balaban J connectivity index is 1.65. The molecule has 2 heterocycles. The largest absolute Gasteiger partial charge is 0.307 e. The van der Waals surface area contributed by atoms with Gasteiger partial charge in [0.2, 0.25) is 0 Å². The van der Waals surface area contributed by atoms with Crippen molar-refractivity contribution in [1.82, 2.24) is 14.9 Å². The van der Waals surface area contributed by atoms with Gasteiger partial charge in [0.1, 0.15) is 0 Å². The van der Waals surface area contributed by atoms with Gasteiger partial charge in [0.15, 0.2) is 9.84 Å². The fourth-order valence-corrected chi connectivity index (χ4v) is 5.76. The Morgan fingerprint density at radius 2 is 1.91 bits per heavy atom. The van der Waals surface area contributed by atoms with Crippen molar-refractivity contribution in [1.29, 1.82) is 0 Å². The standard InChI is InChI=1S/C24H24ClN3O3S2/c1-16(22-15-32-17(2)27-22)26-14-19-12-18-8-9-20(25)13-23(18)28(24(19)29)10-11-33(30,31)21-6-4-3-5-7-21/h3-9,12-13,15-16,26H,10-11,14H2,1-2H3. The summed E-state index contributed by atoms with van der Waals surface area (Å²) in [5.41, 5.74) is 1.87. The number of nitrogens with zero attached hydrogens (tertiary/aromatic N) is 2. The molecule has 4 rings (SSSR count). The average Bonchev–Trinajstić information content (AvgIpc) is 3.24. The predicted molar refractivity (Wildman–Crippen MR) is 134 cm³/mol. The Hall–Kier alpha value is -2.52. The van der Waals surface area contributed by atoms with Crippen LogP contribution >= 0.6 is 22.9 Å². The van der Waals surface area contributed by atoms with E-state index in [0.717, 1.165) is 16.1 Å². The van der Waals surface area contributed by atoms with Crippen LogP contribution in [0.3, 0.4) is 0 Å². The summed E-state index contributed by atoms with van der Waals surface area (Å²) in [7, 11) is -3.54. The Bertz CT molecular complexity index is 1450. The maximum Gasteiger partial charge on any atom is 0.255 e. The molecular weight excluding hydrogens is 478 g/mol. The first-order chi connectivity index (χ1) is 15.7. The molecule has 0 bridgehead atoms. The highest BCUT2D eigenvalue weighted by Gasteiger charge is 2.17. The van der Waals surface area contributed by atoms with Gasteiger partial charge in [-0.2, -0.15) is 0 Å². The maximum atomic E-state index is 13.4. The quantitative estimate of drug-likeness (QED) is 0.377. The van der Waals surface area contributed by atoms with Crippen LogP contribution < -0.4 is 10.9 Å². The molecule has 0 saturated heterocycles. The summed E-state index contributed by atoms with van der Waals surface area (Å²) in [5.74, 6) is -0.191. The zero-order valence-corrected chi connectivity index (χ0v) is 20.7. The number of halogens is 1. The van der Waals surface area contributed by atoms with Crippen LogP contribution in [0.15, 0.2) is 69.7 Å². The number of aryl methyl sites for hydroxylation is 2. The van der Waals surface area contributed by atoms with E-state index in [9.17, 15) is 13.2 Å².